The molecule has 1 aliphatic rings. The average Bonchev–Trinajstić information content (AvgIpc) is 3.10. The summed E-state index contributed by atoms with van der Waals surface area (Å²) in [5.74, 6) is 1.65. The molecule has 0 amide bonds. The maximum Gasteiger partial charge on any atom is 0.140 e. The Kier molecular flexibility index (Phi) is 4.04. The monoisotopic (exact) mass is 323 g/mol. The highest BCUT2D eigenvalue weighted by Crippen LogP contribution is 2.31. The summed E-state index contributed by atoms with van der Waals surface area (Å²) in [6.07, 6.45) is 7.72. The van der Waals surface area contributed by atoms with E-state index in [1.165, 1.54) is 0 Å². The van der Waals surface area contributed by atoms with Crippen molar-refractivity contribution in [2.45, 2.75) is 18.9 Å². The number of aromatic amines is 1. The zero-order chi connectivity index (χ0) is 16.4. The molecular weight excluding hydrogens is 302 g/mol. The summed E-state index contributed by atoms with van der Waals surface area (Å²) in [5, 5.41) is 8.05. The number of nitrogens with zero attached hydrogens (tertiary/aromatic N) is 2. The second-order valence-electron chi connectivity index (χ2n) is 6.08. The molecule has 0 unspecified atom stereocenters. The molecule has 0 spiro atoms. The average molecular weight is 323 g/mol. The van der Waals surface area contributed by atoms with E-state index in [1.54, 1.807) is 13.3 Å². The predicted octanol–water partition coefficient (Wildman–Crippen LogP) is 2.80. The molecule has 3 aromatic rings. The van der Waals surface area contributed by atoms with Crippen LogP contribution >= 0.6 is 0 Å². The van der Waals surface area contributed by atoms with E-state index < -0.39 is 0 Å². The van der Waals surface area contributed by atoms with Crippen molar-refractivity contribution in [3.63, 3.8) is 0 Å². The standard InChI is InChI=1S/C18H21N5O/c1-24-14-8-12(10-20-11-14)16-9-17(22-13-2-5-19-6-3-13)23-18-15(16)4-7-21-18/h4,7-11,13,19H,2-3,5-6H2,1H3,(H2,21,22,23). The predicted molar refractivity (Wildman–Crippen MR) is 95.4 cm³/mol. The molecule has 6 heteroatoms. The number of rotatable bonds is 4. The zero-order valence-corrected chi connectivity index (χ0v) is 13.7. The number of fused-ring (bicyclic) bond motifs is 1. The van der Waals surface area contributed by atoms with E-state index in [0.717, 1.165) is 59.7 Å². The van der Waals surface area contributed by atoms with E-state index in [0.29, 0.717) is 6.04 Å². The lowest BCUT2D eigenvalue weighted by Crippen LogP contribution is -2.35. The molecule has 1 saturated heterocycles. The van der Waals surface area contributed by atoms with Crippen molar-refractivity contribution in [3.8, 4) is 16.9 Å². The Morgan fingerprint density at radius 1 is 1.21 bits per heavy atom. The van der Waals surface area contributed by atoms with Gasteiger partial charge in [-0.3, -0.25) is 4.98 Å². The molecule has 124 valence electrons. The molecule has 4 rings (SSSR count). The third-order valence-electron chi connectivity index (χ3n) is 4.48. The third kappa shape index (κ3) is 2.92. The Balaban J connectivity index is 1.74. The van der Waals surface area contributed by atoms with Gasteiger partial charge in [-0.2, -0.15) is 0 Å². The maximum atomic E-state index is 5.31. The molecule has 0 atom stereocenters. The van der Waals surface area contributed by atoms with Gasteiger partial charge in [0.2, 0.25) is 0 Å². The number of pyridine rings is 2. The minimum absolute atomic E-state index is 0.461. The topological polar surface area (TPSA) is 74.9 Å². The fourth-order valence-corrected chi connectivity index (χ4v) is 3.20. The molecule has 24 heavy (non-hydrogen) atoms. The summed E-state index contributed by atoms with van der Waals surface area (Å²) in [7, 11) is 1.66. The number of aromatic nitrogens is 3. The van der Waals surface area contributed by atoms with Crippen LogP contribution in [0.4, 0.5) is 5.82 Å². The van der Waals surface area contributed by atoms with E-state index >= 15 is 0 Å². The minimum atomic E-state index is 0.461. The van der Waals surface area contributed by atoms with Crippen LogP contribution in [0.25, 0.3) is 22.2 Å². The van der Waals surface area contributed by atoms with Crippen molar-refractivity contribution in [1.29, 1.82) is 0 Å². The summed E-state index contributed by atoms with van der Waals surface area (Å²) in [6, 6.07) is 6.62. The fraction of sp³-hybridized carbons (Fsp3) is 0.333. The van der Waals surface area contributed by atoms with Gasteiger partial charge >= 0.3 is 0 Å². The highest BCUT2D eigenvalue weighted by molar-refractivity contribution is 5.94. The zero-order valence-electron chi connectivity index (χ0n) is 13.7. The van der Waals surface area contributed by atoms with Gasteiger partial charge in [0.25, 0.3) is 0 Å². The molecule has 0 bridgehead atoms. The lowest BCUT2D eigenvalue weighted by Gasteiger charge is -2.24. The van der Waals surface area contributed by atoms with Gasteiger partial charge in [-0.15, -0.1) is 0 Å². The number of hydrogen-bond donors (Lipinski definition) is 3. The first kappa shape index (κ1) is 15.0. The molecule has 3 N–H and O–H groups in total. The van der Waals surface area contributed by atoms with Gasteiger partial charge in [-0.25, -0.2) is 4.98 Å². The van der Waals surface area contributed by atoms with Crippen LogP contribution in [0.15, 0.2) is 36.8 Å². The van der Waals surface area contributed by atoms with Crippen LogP contribution in [0.3, 0.4) is 0 Å². The van der Waals surface area contributed by atoms with E-state index in [4.69, 9.17) is 9.72 Å². The van der Waals surface area contributed by atoms with Crippen LogP contribution in [0.5, 0.6) is 5.75 Å². The van der Waals surface area contributed by atoms with Gasteiger partial charge in [-0.1, -0.05) is 0 Å². The van der Waals surface area contributed by atoms with Gasteiger partial charge in [0.05, 0.1) is 13.3 Å². The van der Waals surface area contributed by atoms with Crippen molar-refractivity contribution < 1.29 is 4.74 Å². The molecule has 0 aromatic carbocycles. The Morgan fingerprint density at radius 3 is 2.92 bits per heavy atom. The SMILES string of the molecule is COc1cncc(-c2cc(NC3CCNCC3)nc3[nH]ccc23)c1. The Labute approximate surface area is 140 Å². The van der Waals surface area contributed by atoms with Crippen molar-refractivity contribution in [2.24, 2.45) is 0 Å². The number of piperidine rings is 1. The van der Waals surface area contributed by atoms with Crippen LogP contribution in [0, 0.1) is 0 Å². The molecule has 4 heterocycles. The molecule has 1 fully saturated rings. The Hall–Kier alpha value is -2.60. The summed E-state index contributed by atoms with van der Waals surface area (Å²) >= 11 is 0. The van der Waals surface area contributed by atoms with Gasteiger partial charge < -0.3 is 20.4 Å². The first-order chi connectivity index (χ1) is 11.8. The first-order valence-electron chi connectivity index (χ1n) is 8.28. The van der Waals surface area contributed by atoms with Crippen LogP contribution in [0.1, 0.15) is 12.8 Å². The number of hydrogen-bond acceptors (Lipinski definition) is 5. The lowest BCUT2D eigenvalue weighted by atomic mass is 10.0. The van der Waals surface area contributed by atoms with Crippen LogP contribution in [-0.2, 0) is 0 Å². The van der Waals surface area contributed by atoms with Crippen molar-refractivity contribution in [1.82, 2.24) is 20.3 Å². The van der Waals surface area contributed by atoms with E-state index in [-0.39, 0.29) is 0 Å². The van der Waals surface area contributed by atoms with Gasteiger partial charge in [0.15, 0.2) is 0 Å². The summed E-state index contributed by atoms with van der Waals surface area (Å²) in [4.78, 5) is 12.2. The normalized spacial score (nSPS) is 15.5. The van der Waals surface area contributed by atoms with Gasteiger partial charge in [-0.05, 0) is 49.7 Å². The van der Waals surface area contributed by atoms with Crippen LogP contribution in [-0.4, -0.2) is 41.2 Å². The molecule has 6 nitrogen and oxygen atoms in total. The molecule has 1 aliphatic heterocycles. The Morgan fingerprint density at radius 2 is 2.08 bits per heavy atom. The van der Waals surface area contributed by atoms with E-state index in [1.807, 2.05) is 24.5 Å². The van der Waals surface area contributed by atoms with E-state index in [9.17, 15) is 0 Å². The Bertz CT molecular complexity index is 838. The van der Waals surface area contributed by atoms with Crippen molar-refractivity contribution in [2.75, 3.05) is 25.5 Å². The number of methoxy groups -OCH3 is 1. The second-order valence-corrected chi connectivity index (χ2v) is 6.08. The van der Waals surface area contributed by atoms with Crippen molar-refractivity contribution >= 4 is 16.9 Å². The fourth-order valence-electron chi connectivity index (χ4n) is 3.20. The van der Waals surface area contributed by atoms with Gasteiger partial charge in [0.1, 0.15) is 17.2 Å². The van der Waals surface area contributed by atoms with Crippen LogP contribution < -0.4 is 15.4 Å². The molecule has 3 aromatic heterocycles. The summed E-state index contributed by atoms with van der Waals surface area (Å²) < 4.78 is 5.31. The summed E-state index contributed by atoms with van der Waals surface area (Å²) in [5.41, 5.74) is 3.01. The molecular formula is C18H21N5O. The van der Waals surface area contributed by atoms with Crippen LogP contribution in [0.2, 0.25) is 0 Å². The highest BCUT2D eigenvalue weighted by atomic mass is 16.5. The molecule has 0 saturated carbocycles. The third-order valence-corrected chi connectivity index (χ3v) is 4.48. The minimum Gasteiger partial charge on any atom is -0.495 e. The van der Waals surface area contributed by atoms with Gasteiger partial charge in [0, 0.05) is 29.4 Å². The first-order valence-corrected chi connectivity index (χ1v) is 8.28. The maximum absolute atomic E-state index is 5.31. The molecule has 0 radical (unpaired) electrons. The second kappa shape index (κ2) is 6.49. The summed E-state index contributed by atoms with van der Waals surface area (Å²) in [6.45, 7) is 2.10. The number of nitrogens with one attached hydrogen (secondary N) is 3. The molecule has 0 aliphatic carbocycles. The number of H-pyrrole nitrogens is 1. The number of anilines is 1. The van der Waals surface area contributed by atoms with E-state index in [2.05, 4.69) is 26.7 Å². The quantitative estimate of drug-likeness (QED) is 0.688. The smallest absolute Gasteiger partial charge is 0.140 e. The largest absolute Gasteiger partial charge is 0.495 e. The number of ether oxygens (including phenoxy) is 1. The van der Waals surface area contributed by atoms with Crippen molar-refractivity contribution in [3.05, 3.63) is 36.8 Å². The highest BCUT2D eigenvalue weighted by Gasteiger charge is 2.15. The lowest BCUT2D eigenvalue weighted by molar-refractivity contribution is 0.413.